The lowest BCUT2D eigenvalue weighted by Gasteiger charge is -2.26. The van der Waals surface area contributed by atoms with Gasteiger partial charge < -0.3 is 9.64 Å². The first-order valence-electron chi connectivity index (χ1n) is 7.62. The molecule has 0 aliphatic carbocycles. The summed E-state index contributed by atoms with van der Waals surface area (Å²) in [6, 6.07) is 2.57. The number of aromatic nitrogens is 2. The zero-order valence-electron chi connectivity index (χ0n) is 13.6. The second kappa shape index (κ2) is 8.46. The number of carbonyl (C=O) groups is 1. The third-order valence-corrected chi connectivity index (χ3v) is 6.89. The number of benzene rings is 1. The number of nitrogens with zero attached hydrogens (tertiary/aromatic N) is 3. The Kier molecular flexibility index (Phi) is 6.44. The molecule has 3 rings (SSSR count). The largest absolute Gasteiger partial charge is 0.370 e. The lowest BCUT2D eigenvalue weighted by Crippen LogP contribution is -2.42. The quantitative estimate of drug-likeness (QED) is 0.695. The Hall–Kier alpha value is -1.17. The van der Waals surface area contributed by atoms with Crippen LogP contribution in [0.4, 0.5) is 5.13 Å². The number of sulfonamides is 1. The number of hydrogen-bond donors (Lipinski definition) is 1. The first-order chi connectivity index (χ1) is 12.8. The summed E-state index contributed by atoms with van der Waals surface area (Å²) in [5, 5.41) is 0.0892. The van der Waals surface area contributed by atoms with E-state index in [9.17, 15) is 13.2 Å². The molecule has 0 radical (unpaired) electrons. The predicted octanol–water partition coefficient (Wildman–Crippen LogP) is 2.70. The monoisotopic (exact) mass is 470 g/mol. The summed E-state index contributed by atoms with van der Waals surface area (Å²) in [5.41, 5.74) is 0. The average Bonchev–Trinajstić information content (AvgIpc) is 2.99. The van der Waals surface area contributed by atoms with E-state index in [2.05, 4.69) is 14.1 Å². The van der Waals surface area contributed by atoms with Crippen molar-refractivity contribution < 1.29 is 17.9 Å². The van der Waals surface area contributed by atoms with Gasteiger partial charge in [-0.2, -0.15) is 4.37 Å². The highest BCUT2D eigenvalue weighted by Crippen LogP contribution is 2.33. The van der Waals surface area contributed by atoms with Crippen molar-refractivity contribution in [2.24, 2.45) is 0 Å². The number of rotatable bonds is 6. The normalized spacial score (nSPS) is 15.2. The van der Waals surface area contributed by atoms with Crippen LogP contribution in [0, 0.1) is 0 Å². The maximum Gasteiger partial charge on any atom is 0.266 e. The molecule has 0 atom stereocenters. The van der Waals surface area contributed by atoms with E-state index in [-0.39, 0.29) is 37.6 Å². The van der Waals surface area contributed by atoms with Gasteiger partial charge in [0.1, 0.15) is 17.3 Å². The summed E-state index contributed by atoms with van der Waals surface area (Å²) in [5.74, 6) is 0.328. The van der Waals surface area contributed by atoms with Crippen LogP contribution in [0.1, 0.15) is 5.82 Å². The molecule has 1 fully saturated rings. The number of anilines is 1. The first kappa shape index (κ1) is 20.6. The number of nitrogens with one attached hydrogen (secondary N) is 1. The van der Waals surface area contributed by atoms with Gasteiger partial charge in [0.05, 0.1) is 16.7 Å². The van der Waals surface area contributed by atoms with E-state index in [0.717, 1.165) is 11.5 Å². The molecule has 1 amide bonds. The highest BCUT2D eigenvalue weighted by Gasteiger charge is 2.24. The minimum atomic E-state index is -4.07. The molecule has 1 aliphatic rings. The molecule has 0 bridgehead atoms. The van der Waals surface area contributed by atoms with Crippen molar-refractivity contribution in [2.75, 3.05) is 31.0 Å². The van der Waals surface area contributed by atoms with E-state index >= 15 is 0 Å². The molecule has 146 valence electrons. The van der Waals surface area contributed by atoms with Crippen LogP contribution in [-0.4, -0.2) is 54.9 Å². The number of ether oxygens (including phenoxy) is 1. The van der Waals surface area contributed by atoms with Crippen LogP contribution < -0.4 is 4.72 Å². The third kappa shape index (κ3) is 5.01. The molecule has 1 aromatic carbocycles. The minimum Gasteiger partial charge on any atom is -0.370 e. The van der Waals surface area contributed by atoms with Gasteiger partial charge in [-0.05, 0) is 12.1 Å². The van der Waals surface area contributed by atoms with Gasteiger partial charge >= 0.3 is 0 Å². The summed E-state index contributed by atoms with van der Waals surface area (Å²) in [6.45, 7) is 1.50. The van der Waals surface area contributed by atoms with Crippen molar-refractivity contribution in [1.29, 1.82) is 0 Å². The van der Waals surface area contributed by atoms with Crippen LogP contribution in [0.15, 0.2) is 17.0 Å². The molecule has 13 heteroatoms. The summed E-state index contributed by atoms with van der Waals surface area (Å²) < 4.78 is 36.6. The minimum absolute atomic E-state index is 0.0676. The zero-order chi connectivity index (χ0) is 19.6. The van der Waals surface area contributed by atoms with Crippen molar-refractivity contribution in [3.05, 3.63) is 33.0 Å². The van der Waals surface area contributed by atoms with Gasteiger partial charge in [-0.1, -0.05) is 34.8 Å². The molecular formula is C14H13Cl3N4O4S2. The molecular weight excluding hydrogens is 459 g/mol. The number of halogens is 3. The van der Waals surface area contributed by atoms with Crippen LogP contribution in [-0.2, 0) is 26.0 Å². The number of amides is 1. The van der Waals surface area contributed by atoms with Crippen molar-refractivity contribution >= 4 is 67.4 Å². The first-order valence-corrected chi connectivity index (χ1v) is 11.0. The molecule has 27 heavy (non-hydrogen) atoms. The number of morpholine rings is 1. The third-order valence-electron chi connectivity index (χ3n) is 3.61. The van der Waals surface area contributed by atoms with Gasteiger partial charge in [-0.15, -0.1) is 0 Å². The molecule has 2 heterocycles. The van der Waals surface area contributed by atoms with Gasteiger partial charge in [-0.25, -0.2) is 13.4 Å². The molecule has 2 aromatic rings. The van der Waals surface area contributed by atoms with E-state index in [4.69, 9.17) is 39.5 Å². The molecule has 1 aliphatic heterocycles. The van der Waals surface area contributed by atoms with E-state index in [0.29, 0.717) is 31.9 Å². The molecule has 0 unspecified atom stereocenters. The fourth-order valence-corrected chi connectivity index (χ4v) is 5.75. The predicted molar refractivity (Wildman–Crippen MR) is 103 cm³/mol. The second-order valence-electron chi connectivity index (χ2n) is 5.50. The Morgan fingerprint density at radius 2 is 1.96 bits per heavy atom. The summed E-state index contributed by atoms with van der Waals surface area (Å²) >= 11 is 18.6. The Balaban J connectivity index is 1.69. The van der Waals surface area contributed by atoms with Crippen molar-refractivity contribution in [3.63, 3.8) is 0 Å². The molecule has 8 nitrogen and oxygen atoms in total. The second-order valence-corrected chi connectivity index (χ2v) is 9.13. The Bertz CT molecular complexity index is 944. The zero-order valence-corrected chi connectivity index (χ0v) is 17.5. The van der Waals surface area contributed by atoms with Crippen molar-refractivity contribution in [1.82, 2.24) is 14.3 Å². The van der Waals surface area contributed by atoms with Crippen LogP contribution in [0.5, 0.6) is 0 Å². The van der Waals surface area contributed by atoms with E-state index in [1.165, 1.54) is 12.1 Å². The van der Waals surface area contributed by atoms with E-state index in [1.807, 2.05) is 0 Å². The maximum atomic E-state index is 12.6. The van der Waals surface area contributed by atoms with Crippen molar-refractivity contribution in [2.45, 2.75) is 11.3 Å². The highest BCUT2D eigenvalue weighted by atomic mass is 35.5. The summed E-state index contributed by atoms with van der Waals surface area (Å²) in [4.78, 5) is 17.2. The molecule has 1 aromatic heterocycles. The lowest BCUT2D eigenvalue weighted by atomic mass is 10.3. The molecule has 0 saturated carbocycles. The topological polar surface area (TPSA) is 101 Å². The van der Waals surface area contributed by atoms with Gasteiger partial charge in [-0.3, -0.25) is 9.52 Å². The number of carbonyl (C=O) groups excluding carboxylic acids is 1. The molecule has 1 N–H and O–H groups in total. The number of hydrogen-bond acceptors (Lipinski definition) is 7. The standard InChI is InChI=1S/C14H13Cl3N4O4S2/c15-8-5-9(16)13(10(17)6-8)27(23,24)20-14-18-11(19-26-14)1-2-21-3-4-25-7-12(21)22/h5-6H,1-4,7H2,(H,18,19,20). The smallest absolute Gasteiger partial charge is 0.266 e. The maximum absolute atomic E-state index is 12.6. The van der Waals surface area contributed by atoms with Crippen LogP contribution in [0.25, 0.3) is 0 Å². The average molecular weight is 472 g/mol. The Morgan fingerprint density at radius 1 is 1.26 bits per heavy atom. The van der Waals surface area contributed by atoms with E-state index in [1.54, 1.807) is 4.90 Å². The SMILES string of the molecule is O=C1COCCN1CCc1nsc(NS(=O)(=O)c2c(Cl)cc(Cl)cc2Cl)n1. The fraction of sp³-hybridized carbons (Fsp3) is 0.357. The summed E-state index contributed by atoms with van der Waals surface area (Å²) in [6.07, 6.45) is 0.395. The Morgan fingerprint density at radius 3 is 2.63 bits per heavy atom. The highest BCUT2D eigenvalue weighted by molar-refractivity contribution is 7.93. The van der Waals surface area contributed by atoms with Crippen molar-refractivity contribution in [3.8, 4) is 0 Å². The van der Waals surface area contributed by atoms with Gasteiger partial charge in [0.15, 0.2) is 0 Å². The van der Waals surface area contributed by atoms with Gasteiger partial charge in [0.25, 0.3) is 10.0 Å². The van der Waals surface area contributed by atoms with Crippen LogP contribution in [0.2, 0.25) is 15.1 Å². The molecule has 1 saturated heterocycles. The Labute approximate surface area is 174 Å². The van der Waals surface area contributed by atoms with E-state index < -0.39 is 10.0 Å². The van der Waals surface area contributed by atoms with Crippen LogP contribution in [0.3, 0.4) is 0 Å². The summed E-state index contributed by atoms with van der Waals surface area (Å²) in [7, 11) is -4.07. The van der Waals surface area contributed by atoms with Gasteiger partial charge in [0.2, 0.25) is 11.0 Å². The molecule has 0 spiro atoms. The lowest BCUT2D eigenvalue weighted by molar-refractivity contribution is -0.142. The van der Waals surface area contributed by atoms with Crippen LogP contribution >= 0.6 is 46.3 Å². The van der Waals surface area contributed by atoms with Gasteiger partial charge in [0, 0.05) is 36.1 Å². The fourth-order valence-electron chi connectivity index (χ4n) is 2.37.